The number of anilines is 1. The molecule has 0 fully saturated rings. The number of hydrogen-bond acceptors (Lipinski definition) is 6. The van der Waals surface area contributed by atoms with Gasteiger partial charge in [0.05, 0.1) is 6.33 Å². The molecule has 2 amide bonds. The molecule has 0 saturated heterocycles. The molecule has 1 atom stereocenters. The van der Waals surface area contributed by atoms with Crippen LogP contribution in [-0.4, -0.2) is 37.3 Å². The van der Waals surface area contributed by atoms with E-state index in [0.29, 0.717) is 16.7 Å². The summed E-state index contributed by atoms with van der Waals surface area (Å²) in [7, 11) is 0. The van der Waals surface area contributed by atoms with Crippen LogP contribution in [0, 0.1) is 5.92 Å². The highest BCUT2D eigenvalue weighted by Crippen LogP contribution is 2.24. The Morgan fingerprint density at radius 3 is 3.00 bits per heavy atom. The number of imidazole rings is 1. The van der Waals surface area contributed by atoms with Gasteiger partial charge in [0.25, 0.3) is 0 Å². The van der Waals surface area contributed by atoms with Crippen LogP contribution < -0.4 is 10.6 Å². The van der Waals surface area contributed by atoms with Crippen LogP contribution in [0.15, 0.2) is 43.1 Å². The number of aromatic nitrogens is 5. The van der Waals surface area contributed by atoms with Gasteiger partial charge in [0.1, 0.15) is 5.69 Å². The number of urea groups is 1. The Labute approximate surface area is 143 Å². The van der Waals surface area contributed by atoms with E-state index in [-0.39, 0.29) is 11.9 Å². The number of pyridine rings is 1. The highest BCUT2D eigenvalue weighted by Gasteiger charge is 2.11. The summed E-state index contributed by atoms with van der Waals surface area (Å²) in [5.41, 5.74) is 0.734. The fourth-order valence-corrected chi connectivity index (χ4v) is 2.81. The molecule has 0 unspecified atom stereocenters. The lowest BCUT2D eigenvalue weighted by atomic mass is 10.2. The minimum Gasteiger partial charge on any atom is -0.337 e. The zero-order chi connectivity index (χ0) is 16.8. The van der Waals surface area contributed by atoms with Crippen molar-refractivity contribution in [2.45, 2.75) is 13.5 Å². The highest BCUT2D eigenvalue weighted by molar-refractivity contribution is 7.18. The summed E-state index contributed by atoms with van der Waals surface area (Å²) >= 11 is 1.28. The van der Waals surface area contributed by atoms with Crippen LogP contribution >= 0.6 is 11.3 Å². The first-order chi connectivity index (χ1) is 11.7. The second kappa shape index (κ2) is 7.64. The molecule has 3 aromatic rings. The van der Waals surface area contributed by atoms with Crippen molar-refractivity contribution in [3.05, 3.63) is 43.1 Å². The lowest BCUT2D eigenvalue weighted by molar-refractivity contribution is 0.250. The van der Waals surface area contributed by atoms with Crippen LogP contribution in [0.5, 0.6) is 0 Å². The molecule has 0 spiro atoms. The standard InChI is InChI=1S/C15H17N7OS/c1-11(9-22-7-6-16-10-22)8-18-14(23)19-15-21-20-13(24-15)12-4-2-3-5-17-12/h2-7,10-11H,8-9H2,1H3,(H2,18,19,21,23)/t11-/m0/s1. The Balaban J connectivity index is 1.47. The van der Waals surface area contributed by atoms with Gasteiger partial charge in [0, 0.05) is 31.7 Å². The molecule has 8 nitrogen and oxygen atoms in total. The zero-order valence-corrected chi connectivity index (χ0v) is 13.9. The molecule has 124 valence electrons. The van der Waals surface area contributed by atoms with Crippen molar-refractivity contribution in [3.63, 3.8) is 0 Å². The fourth-order valence-electron chi connectivity index (χ4n) is 2.09. The summed E-state index contributed by atoms with van der Waals surface area (Å²) in [6, 6.07) is 5.27. The first-order valence-electron chi connectivity index (χ1n) is 7.46. The number of nitrogens with zero attached hydrogens (tertiary/aromatic N) is 5. The molecule has 24 heavy (non-hydrogen) atoms. The minimum absolute atomic E-state index is 0.281. The molecule has 0 aromatic carbocycles. The minimum atomic E-state index is -0.295. The van der Waals surface area contributed by atoms with Crippen LogP contribution in [0.25, 0.3) is 10.7 Å². The van der Waals surface area contributed by atoms with Gasteiger partial charge >= 0.3 is 6.03 Å². The fraction of sp³-hybridized carbons (Fsp3) is 0.267. The maximum atomic E-state index is 11.9. The molecule has 0 aliphatic rings. The smallest absolute Gasteiger partial charge is 0.321 e. The van der Waals surface area contributed by atoms with Gasteiger partial charge in [-0.05, 0) is 18.1 Å². The first-order valence-corrected chi connectivity index (χ1v) is 8.28. The predicted octanol–water partition coefficient (Wildman–Crippen LogP) is 2.25. The maximum Gasteiger partial charge on any atom is 0.321 e. The third kappa shape index (κ3) is 4.35. The van der Waals surface area contributed by atoms with Gasteiger partial charge in [-0.3, -0.25) is 10.3 Å². The number of nitrogens with one attached hydrogen (secondary N) is 2. The van der Waals surface area contributed by atoms with Crippen molar-refractivity contribution in [2.75, 3.05) is 11.9 Å². The average molecular weight is 343 g/mol. The molecule has 3 heterocycles. The predicted molar refractivity (Wildman–Crippen MR) is 91.6 cm³/mol. The van der Waals surface area contributed by atoms with E-state index in [1.165, 1.54) is 11.3 Å². The van der Waals surface area contributed by atoms with Gasteiger partial charge in [-0.1, -0.05) is 24.3 Å². The van der Waals surface area contributed by atoms with E-state index in [0.717, 1.165) is 12.2 Å². The highest BCUT2D eigenvalue weighted by atomic mass is 32.1. The van der Waals surface area contributed by atoms with Crippen LogP contribution in [-0.2, 0) is 6.54 Å². The van der Waals surface area contributed by atoms with Crippen LogP contribution in [0.3, 0.4) is 0 Å². The Morgan fingerprint density at radius 1 is 1.33 bits per heavy atom. The molecule has 0 saturated carbocycles. The van der Waals surface area contributed by atoms with Crippen LogP contribution in [0.1, 0.15) is 6.92 Å². The quantitative estimate of drug-likeness (QED) is 0.715. The maximum absolute atomic E-state index is 11.9. The summed E-state index contributed by atoms with van der Waals surface area (Å²) in [4.78, 5) is 20.2. The Bertz CT molecular complexity index is 772. The van der Waals surface area contributed by atoms with Gasteiger partial charge in [-0.25, -0.2) is 9.78 Å². The molecule has 0 aliphatic heterocycles. The third-order valence-electron chi connectivity index (χ3n) is 3.22. The average Bonchev–Trinajstić information content (AvgIpc) is 3.26. The molecule has 0 bridgehead atoms. The number of amides is 2. The third-order valence-corrected chi connectivity index (χ3v) is 4.08. The number of carbonyl (C=O) groups is 1. The van der Waals surface area contributed by atoms with Crippen LogP contribution in [0.4, 0.5) is 9.93 Å². The summed E-state index contributed by atoms with van der Waals surface area (Å²) in [6.45, 7) is 3.41. The van der Waals surface area contributed by atoms with Crippen molar-refractivity contribution >= 4 is 22.5 Å². The van der Waals surface area contributed by atoms with E-state index in [2.05, 4.69) is 37.7 Å². The molecule has 9 heteroatoms. The van der Waals surface area contributed by atoms with E-state index in [1.807, 2.05) is 29.0 Å². The first kappa shape index (κ1) is 16.1. The lowest BCUT2D eigenvalue weighted by Gasteiger charge is -2.13. The topological polar surface area (TPSA) is 97.6 Å². The second-order valence-electron chi connectivity index (χ2n) is 5.33. The SMILES string of the molecule is C[C@@H](CNC(=O)Nc1nnc(-c2ccccn2)s1)Cn1ccnc1. The summed E-state index contributed by atoms with van der Waals surface area (Å²) < 4.78 is 1.98. The molecule has 0 aliphatic carbocycles. The Morgan fingerprint density at radius 2 is 2.25 bits per heavy atom. The summed E-state index contributed by atoms with van der Waals surface area (Å²) in [6.07, 6.45) is 7.09. The molecular weight excluding hydrogens is 326 g/mol. The van der Waals surface area contributed by atoms with E-state index < -0.39 is 0 Å². The van der Waals surface area contributed by atoms with Crippen molar-refractivity contribution < 1.29 is 4.79 Å². The molecule has 2 N–H and O–H groups in total. The van der Waals surface area contributed by atoms with Gasteiger partial charge in [0.2, 0.25) is 5.13 Å². The monoisotopic (exact) mass is 343 g/mol. The van der Waals surface area contributed by atoms with Gasteiger partial charge < -0.3 is 9.88 Å². The second-order valence-corrected chi connectivity index (χ2v) is 6.30. The van der Waals surface area contributed by atoms with Crippen molar-refractivity contribution in [1.29, 1.82) is 0 Å². The normalized spacial score (nSPS) is 11.9. The van der Waals surface area contributed by atoms with Crippen molar-refractivity contribution in [3.8, 4) is 10.7 Å². The molecule has 3 aromatic heterocycles. The molecule has 3 rings (SSSR count). The Kier molecular flexibility index (Phi) is 5.12. The lowest BCUT2D eigenvalue weighted by Crippen LogP contribution is -2.33. The van der Waals surface area contributed by atoms with E-state index >= 15 is 0 Å². The number of hydrogen-bond donors (Lipinski definition) is 2. The Hall–Kier alpha value is -2.81. The summed E-state index contributed by atoms with van der Waals surface area (Å²) in [5, 5.41) is 14.6. The number of carbonyl (C=O) groups excluding carboxylic acids is 1. The van der Waals surface area contributed by atoms with E-state index in [4.69, 9.17) is 0 Å². The van der Waals surface area contributed by atoms with Crippen LogP contribution in [0.2, 0.25) is 0 Å². The van der Waals surface area contributed by atoms with Crippen molar-refractivity contribution in [2.24, 2.45) is 5.92 Å². The number of rotatable bonds is 6. The largest absolute Gasteiger partial charge is 0.337 e. The van der Waals surface area contributed by atoms with E-state index in [1.54, 1.807) is 18.7 Å². The summed E-state index contributed by atoms with van der Waals surface area (Å²) in [5.74, 6) is 0.281. The van der Waals surface area contributed by atoms with E-state index in [9.17, 15) is 4.79 Å². The van der Waals surface area contributed by atoms with Gasteiger partial charge in [-0.15, -0.1) is 10.2 Å². The van der Waals surface area contributed by atoms with Gasteiger partial charge in [-0.2, -0.15) is 0 Å². The van der Waals surface area contributed by atoms with Gasteiger partial charge in [0.15, 0.2) is 5.01 Å². The molecule has 0 radical (unpaired) electrons. The van der Waals surface area contributed by atoms with Crippen molar-refractivity contribution in [1.82, 2.24) is 30.0 Å². The zero-order valence-electron chi connectivity index (χ0n) is 13.1. The molecular formula is C15H17N7OS.